The molecule has 0 unspecified atom stereocenters. The zero-order chi connectivity index (χ0) is 20.9. The van der Waals surface area contributed by atoms with Gasteiger partial charge in [-0.25, -0.2) is 0 Å². The number of halogens is 1. The highest BCUT2D eigenvalue weighted by Gasteiger charge is 2.17. The van der Waals surface area contributed by atoms with Crippen LogP contribution in [0, 0.1) is 6.92 Å². The van der Waals surface area contributed by atoms with Crippen LogP contribution < -0.4 is 0 Å². The molecular weight excluding hydrogens is 402 g/mol. The van der Waals surface area contributed by atoms with Crippen molar-refractivity contribution in [3.63, 3.8) is 0 Å². The molecule has 0 atom stereocenters. The van der Waals surface area contributed by atoms with Gasteiger partial charge < -0.3 is 8.94 Å². The van der Waals surface area contributed by atoms with Crippen molar-refractivity contribution >= 4 is 11.6 Å². The van der Waals surface area contributed by atoms with Crippen molar-refractivity contribution < 1.29 is 8.94 Å². The van der Waals surface area contributed by atoms with E-state index in [1.807, 2.05) is 49.4 Å². The summed E-state index contributed by atoms with van der Waals surface area (Å²) in [5, 5.41) is 13.0. The Morgan fingerprint density at radius 3 is 2.50 bits per heavy atom. The third-order valence-electron chi connectivity index (χ3n) is 4.61. The molecule has 2 aromatic heterocycles. The smallest absolute Gasteiger partial charge is 0.249 e. The first-order valence-corrected chi connectivity index (χ1v) is 10.2. The molecule has 0 fully saturated rings. The van der Waals surface area contributed by atoms with Crippen LogP contribution in [0.1, 0.15) is 30.7 Å². The molecule has 0 saturated heterocycles. The maximum Gasteiger partial charge on any atom is 0.249 e. The van der Waals surface area contributed by atoms with Crippen LogP contribution in [0.5, 0.6) is 0 Å². The Morgan fingerprint density at radius 2 is 1.73 bits per heavy atom. The summed E-state index contributed by atoms with van der Waals surface area (Å²) in [7, 11) is 0. The summed E-state index contributed by atoms with van der Waals surface area (Å²) in [6, 6.07) is 15.4. The maximum absolute atomic E-state index is 6.23. The van der Waals surface area contributed by atoms with Gasteiger partial charge in [0.25, 0.3) is 0 Å². The highest BCUT2D eigenvalue weighted by atomic mass is 35.5. The minimum absolute atomic E-state index is 0.409. The monoisotopic (exact) mass is 423 g/mol. The summed E-state index contributed by atoms with van der Waals surface area (Å²) in [5.74, 6) is 2.05. The summed E-state index contributed by atoms with van der Waals surface area (Å²) in [4.78, 5) is 6.67. The SMILES string of the molecule is CCCN(Cc1nc(-c2ccc(C)cc2)no1)Cc1nnc(-c2ccccc2Cl)o1. The molecule has 0 radical (unpaired) electrons. The average molecular weight is 424 g/mol. The Hall–Kier alpha value is -3.03. The number of rotatable bonds is 8. The van der Waals surface area contributed by atoms with Gasteiger partial charge in [-0.15, -0.1) is 10.2 Å². The third-order valence-corrected chi connectivity index (χ3v) is 4.94. The second kappa shape index (κ2) is 9.19. The van der Waals surface area contributed by atoms with Crippen LogP contribution in [0.2, 0.25) is 5.02 Å². The van der Waals surface area contributed by atoms with Crippen LogP contribution in [0.3, 0.4) is 0 Å². The molecule has 30 heavy (non-hydrogen) atoms. The number of nitrogens with zero attached hydrogens (tertiary/aromatic N) is 5. The van der Waals surface area contributed by atoms with Crippen LogP contribution in [-0.4, -0.2) is 31.8 Å². The fourth-order valence-electron chi connectivity index (χ4n) is 3.11. The van der Waals surface area contributed by atoms with Crippen LogP contribution in [0.25, 0.3) is 22.8 Å². The molecule has 4 rings (SSSR count). The summed E-state index contributed by atoms with van der Waals surface area (Å²) >= 11 is 6.23. The molecule has 0 spiro atoms. The number of aryl methyl sites for hydroxylation is 1. The third kappa shape index (κ3) is 4.75. The second-order valence-electron chi connectivity index (χ2n) is 7.07. The predicted molar refractivity (Wildman–Crippen MR) is 114 cm³/mol. The maximum atomic E-state index is 6.23. The molecule has 0 amide bonds. The topological polar surface area (TPSA) is 81.1 Å². The van der Waals surface area contributed by atoms with E-state index in [4.69, 9.17) is 20.5 Å². The number of aromatic nitrogens is 4. The summed E-state index contributed by atoms with van der Waals surface area (Å²) in [6.07, 6.45) is 0.963. The van der Waals surface area contributed by atoms with E-state index in [0.29, 0.717) is 41.6 Å². The largest absolute Gasteiger partial charge is 0.419 e. The molecule has 4 aromatic rings. The lowest BCUT2D eigenvalue weighted by atomic mass is 10.1. The van der Waals surface area contributed by atoms with E-state index in [1.165, 1.54) is 5.56 Å². The van der Waals surface area contributed by atoms with Crippen molar-refractivity contribution in [1.29, 1.82) is 0 Å². The van der Waals surface area contributed by atoms with E-state index in [2.05, 4.69) is 32.2 Å². The Labute approximate surface area is 179 Å². The minimum atomic E-state index is 0.409. The van der Waals surface area contributed by atoms with Gasteiger partial charge in [0, 0.05) is 5.56 Å². The summed E-state index contributed by atoms with van der Waals surface area (Å²) in [6.45, 7) is 5.96. The molecule has 0 N–H and O–H groups in total. The average Bonchev–Trinajstić information content (AvgIpc) is 3.39. The standard InChI is InChI=1S/C22H22ClN5O2/c1-3-12-28(13-19-24-21(27-30-19)16-10-8-15(2)9-11-16)14-20-25-26-22(29-20)17-6-4-5-7-18(17)23/h4-11H,3,12-14H2,1-2H3. The van der Waals surface area contributed by atoms with Gasteiger partial charge in [-0.05, 0) is 32.0 Å². The van der Waals surface area contributed by atoms with Gasteiger partial charge in [-0.2, -0.15) is 4.98 Å². The van der Waals surface area contributed by atoms with Crippen molar-refractivity contribution in [3.8, 4) is 22.8 Å². The number of benzene rings is 2. The Bertz CT molecular complexity index is 1110. The number of hydrogen-bond acceptors (Lipinski definition) is 7. The van der Waals surface area contributed by atoms with Crippen LogP contribution in [-0.2, 0) is 13.1 Å². The fraction of sp³-hybridized carbons (Fsp3) is 0.273. The first-order chi connectivity index (χ1) is 14.6. The highest BCUT2D eigenvalue weighted by molar-refractivity contribution is 6.33. The fourth-order valence-corrected chi connectivity index (χ4v) is 3.33. The molecule has 154 valence electrons. The molecular formula is C22H22ClN5O2. The van der Waals surface area contributed by atoms with Gasteiger partial charge in [-0.3, -0.25) is 4.90 Å². The van der Waals surface area contributed by atoms with E-state index >= 15 is 0 Å². The van der Waals surface area contributed by atoms with Gasteiger partial charge in [-0.1, -0.05) is 65.6 Å². The van der Waals surface area contributed by atoms with Crippen molar-refractivity contribution in [3.05, 3.63) is 70.9 Å². The lowest BCUT2D eigenvalue weighted by Gasteiger charge is -2.17. The van der Waals surface area contributed by atoms with E-state index in [9.17, 15) is 0 Å². The molecule has 2 heterocycles. The summed E-state index contributed by atoms with van der Waals surface area (Å²) < 4.78 is 11.3. The van der Waals surface area contributed by atoms with Crippen LogP contribution in [0.15, 0.2) is 57.5 Å². The van der Waals surface area contributed by atoms with Crippen molar-refractivity contribution in [2.45, 2.75) is 33.4 Å². The highest BCUT2D eigenvalue weighted by Crippen LogP contribution is 2.26. The van der Waals surface area contributed by atoms with E-state index in [1.54, 1.807) is 6.07 Å². The minimum Gasteiger partial charge on any atom is -0.419 e. The zero-order valence-corrected chi connectivity index (χ0v) is 17.6. The molecule has 0 saturated carbocycles. The van der Waals surface area contributed by atoms with Gasteiger partial charge in [0.15, 0.2) is 0 Å². The van der Waals surface area contributed by atoms with E-state index in [-0.39, 0.29) is 0 Å². The first kappa shape index (κ1) is 20.3. The van der Waals surface area contributed by atoms with E-state index < -0.39 is 0 Å². The lowest BCUT2D eigenvalue weighted by molar-refractivity contribution is 0.201. The second-order valence-corrected chi connectivity index (χ2v) is 7.48. The predicted octanol–water partition coefficient (Wildman–Crippen LogP) is 5.16. The van der Waals surface area contributed by atoms with Crippen molar-refractivity contribution in [2.75, 3.05) is 6.54 Å². The first-order valence-electron chi connectivity index (χ1n) is 9.81. The molecule has 0 aliphatic rings. The Morgan fingerprint density at radius 1 is 0.967 bits per heavy atom. The van der Waals surface area contributed by atoms with E-state index in [0.717, 1.165) is 24.1 Å². The van der Waals surface area contributed by atoms with Gasteiger partial charge in [0.05, 0.1) is 23.7 Å². The quantitative estimate of drug-likeness (QED) is 0.387. The number of hydrogen-bond donors (Lipinski definition) is 0. The molecule has 8 heteroatoms. The van der Waals surface area contributed by atoms with Crippen molar-refractivity contribution in [1.82, 2.24) is 25.2 Å². The van der Waals surface area contributed by atoms with Gasteiger partial charge in [0.1, 0.15) is 0 Å². The lowest BCUT2D eigenvalue weighted by Crippen LogP contribution is -2.24. The molecule has 0 bridgehead atoms. The normalized spacial score (nSPS) is 11.3. The van der Waals surface area contributed by atoms with Crippen LogP contribution >= 0.6 is 11.6 Å². The molecule has 2 aromatic carbocycles. The van der Waals surface area contributed by atoms with Crippen molar-refractivity contribution in [2.24, 2.45) is 0 Å². The molecule has 0 aliphatic carbocycles. The molecule has 7 nitrogen and oxygen atoms in total. The molecule has 0 aliphatic heterocycles. The Kier molecular flexibility index (Phi) is 6.21. The van der Waals surface area contributed by atoms with Gasteiger partial charge >= 0.3 is 0 Å². The van der Waals surface area contributed by atoms with Crippen LogP contribution in [0.4, 0.5) is 0 Å². The zero-order valence-electron chi connectivity index (χ0n) is 16.9. The Balaban J connectivity index is 1.46. The summed E-state index contributed by atoms with van der Waals surface area (Å²) in [5.41, 5.74) is 2.84. The van der Waals surface area contributed by atoms with Gasteiger partial charge in [0.2, 0.25) is 23.5 Å².